The van der Waals surface area contributed by atoms with Crippen molar-refractivity contribution in [3.8, 4) is 0 Å². The van der Waals surface area contributed by atoms with Crippen molar-refractivity contribution in [3.63, 3.8) is 0 Å². The van der Waals surface area contributed by atoms with Crippen molar-refractivity contribution in [1.82, 2.24) is 10.6 Å². The van der Waals surface area contributed by atoms with Crippen LogP contribution >= 0.6 is 0 Å². The molecular formula is C18H34N2O2. The second-order valence-electron chi connectivity index (χ2n) is 6.88. The van der Waals surface area contributed by atoms with Crippen molar-refractivity contribution in [2.45, 2.75) is 97.6 Å². The minimum Gasteiger partial charge on any atom is -0.353 e. The van der Waals surface area contributed by atoms with E-state index in [1.54, 1.807) is 0 Å². The van der Waals surface area contributed by atoms with E-state index in [2.05, 4.69) is 24.5 Å². The molecule has 0 spiro atoms. The molecule has 2 amide bonds. The lowest BCUT2D eigenvalue weighted by Gasteiger charge is -2.45. The predicted molar refractivity (Wildman–Crippen MR) is 90.5 cm³/mol. The Morgan fingerprint density at radius 1 is 0.864 bits per heavy atom. The predicted octanol–water partition coefficient (Wildman–Crippen LogP) is 3.55. The lowest BCUT2D eigenvalue weighted by molar-refractivity contribution is -0.122. The summed E-state index contributed by atoms with van der Waals surface area (Å²) >= 11 is 0. The van der Waals surface area contributed by atoms with Crippen LogP contribution in [0.4, 0.5) is 0 Å². The van der Waals surface area contributed by atoms with Gasteiger partial charge in [-0.1, -0.05) is 40.5 Å². The molecule has 1 aliphatic rings. The van der Waals surface area contributed by atoms with Gasteiger partial charge in [-0.25, -0.2) is 0 Å². The quantitative estimate of drug-likeness (QED) is 0.720. The molecule has 0 bridgehead atoms. The third kappa shape index (κ3) is 5.62. The van der Waals surface area contributed by atoms with Crippen LogP contribution in [-0.4, -0.2) is 23.9 Å². The van der Waals surface area contributed by atoms with Crippen LogP contribution in [0.3, 0.4) is 0 Å². The van der Waals surface area contributed by atoms with E-state index in [0.29, 0.717) is 12.8 Å². The van der Waals surface area contributed by atoms with Gasteiger partial charge in [-0.15, -0.1) is 0 Å². The van der Waals surface area contributed by atoms with Gasteiger partial charge in [-0.05, 0) is 37.5 Å². The van der Waals surface area contributed by atoms with Crippen LogP contribution in [0.5, 0.6) is 0 Å². The van der Waals surface area contributed by atoms with Crippen molar-refractivity contribution in [2.75, 3.05) is 0 Å². The Bertz CT molecular complexity index is 334. The Labute approximate surface area is 135 Å². The first kappa shape index (κ1) is 19.0. The average Bonchev–Trinajstić information content (AvgIpc) is 2.47. The first-order chi connectivity index (χ1) is 10.5. The van der Waals surface area contributed by atoms with Gasteiger partial charge in [0.25, 0.3) is 0 Å². The molecule has 4 heteroatoms. The van der Waals surface area contributed by atoms with Gasteiger partial charge < -0.3 is 10.6 Å². The van der Waals surface area contributed by atoms with E-state index in [1.807, 2.05) is 13.8 Å². The molecule has 2 unspecified atom stereocenters. The molecule has 0 saturated heterocycles. The molecule has 128 valence electrons. The summed E-state index contributed by atoms with van der Waals surface area (Å²) < 4.78 is 0. The zero-order valence-electron chi connectivity index (χ0n) is 14.8. The number of nitrogens with one attached hydrogen (secondary N) is 2. The number of rotatable bonds is 8. The van der Waals surface area contributed by atoms with Crippen LogP contribution < -0.4 is 10.6 Å². The fourth-order valence-electron chi connectivity index (χ4n) is 4.11. The molecule has 0 aromatic rings. The highest BCUT2D eigenvalue weighted by Gasteiger charge is 2.40. The molecular weight excluding hydrogens is 276 g/mol. The third-order valence-electron chi connectivity index (χ3n) is 4.86. The molecule has 0 aromatic carbocycles. The number of carbonyl (C=O) groups is 2. The molecule has 0 radical (unpaired) electrons. The number of hydrogen-bond acceptors (Lipinski definition) is 2. The highest BCUT2D eigenvalue weighted by molar-refractivity contribution is 5.76. The fourth-order valence-corrected chi connectivity index (χ4v) is 4.11. The number of amides is 2. The van der Waals surface area contributed by atoms with E-state index in [9.17, 15) is 9.59 Å². The summed E-state index contributed by atoms with van der Waals surface area (Å²) in [7, 11) is 0. The number of carbonyl (C=O) groups excluding carboxylic acids is 2. The van der Waals surface area contributed by atoms with Crippen molar-refractivity contribution in [2.24, 2.45) is 5.41 Å². The van der Waals surface area contributed by atoms with Crippen LogP contribution in [0.25, 0.3) is 0 Å². The van der Waals surface area contributed by atoms with Crippen molar-refractivity contribution in [3.05, 3.63) is 0 Å². The summed E-state index contributed by atoms with van der Waals surface area (Å²) in [6.07, 6.45) is 8.69. The Balaban J connectivity index is 2.86. The summed E-state index contributed by atoms with van der Waals surface area (Å²) in [5, 5.41) is 6.34. The first-order valence-electron chi connectivity index (χ1n) is 9.07. The molecule has 1 aliphatic carbocycles. The Morgan fingerprint density at radius 3 is 1.59 bits per heavy atom. The largest absolute Gasteiger partial charge is 0.353 e. The number of hydrogen-bond donors (Lipinski definition) is 2. The van der Waals surface area contributed by atoms with Gasteiger partial charge in [0.2, 0.25) is 11.8 Å². The van der Waals surface area contributed by atoms with E-state index >= 15 is 0 Å². The minimum atomic E-state index is 0.120. The van der Waals surface area contributed by atoms with E-state index in [4.69, 9.17) is 0 Å². The maximum Gasteiger partial charge on any atom is 0.219 e. The molecule has 0 aromatic heterocycles. The summed E-state index contributed by atoms with van der Waals surface area (Å²) in [5.74, 6) is 0.240. The zero-order chi connectivity index (χ0) is 16.6. The van der Waals surface area contributed by atoms with Crippen LogP contribution in [0.2, 0.25) is 0 Å². The van der Waals surface area contributed by atoms with E-state index in [0.717, 1.165) is 32.1 Å². The SMILES string of the molecule is CCCC1(CCC)CC(NC(=O)CC)CC(NC(=O)CC)C1. The van der Waals surface area contributed by atoms with Crippen molar-refractivity contribution >= 4 is 11.8 Å². The summed E-state index contributed by atoms with van der Waals surface area (Å²) in [6, 6.07) is 0.392. The Hall–Kier alpha value is -1.06. The van der Waals surface area contributed by atoms with Gasteiger partial charge in [0.1, 0.15) is 0 Å². The highest BCUT2D eigenvalue weighted by atomic mass is 16.2. The minimum absolute atomic E-state index is 0.120. The van der Waals surface area contributed by atoms with Crippen LogP contribution in [0.1, 0.15) is 85.5 Å². The Morgan fingerprint density at radius 2 is 1.27 bits per heavy atom. The lowest BCUT2D eigenvalue weighted by Crippen LogP contribution is -2.51. The molecule has 0 heterocycles. The molecule has 1 fully saturated rings. The smallest absolute Gasteiger partial charge is 0.219 e. The summed E-state index contributed by atoms with van der Waals surface area (Å²) in [5.41, 5.74) is 0.263. The second kappa shape index (κ2) is 9.16. The van der Waals surface area contributed by atoms with Crippen LogP contribution in [0.15, 0.2) is 0 Å². The lowest BCUT2D eigenvalue weighted by atomic mass is 9.65. The second-order valence-corrected chi connectivity index (χ2v) is 6.88. The van der Waals surface area contributed by atoms with Gasteiger partial charge in [-0.3, -0.25) is 9.59 Å². The normalized spacial score (nSPS) is 23.8. The van der Waals surface area contributed by atoms with E-state index in [1.165, 1.54) is 12.8 Å². The van der Waals surface area contributed by atoms with Gasteiger partial charge in [-0.2, -0.15) is 0 Å². The highest BCUT2D eigenvalue weighted by Crippen LogP contribution is 2.44. The molecule has 4 nitrogen and oxygen atoms in total. The van der Waals surface area contributed by atoms with Gasteiger partial charge in [0.05, 0.1) is 0 Å². The van der Waals surface area contributed by atoms with Crippen LogP contribution in [-0.2, 0) is 9.59 Å². The zero-order valence-corrected chi connectivity index (χ0v) is 14.8. The molecule has 2 N–H and O–H groups in total. The summed E-state index contributed by atoms with van der Waals surface area (Å²) in [6.45, 7) is 8.23. The monoisotopic (exact) mass is 310 g/mol. The molecule has 1 saturated carbocycles. The van der Waals surface area contributed by atoms with Crippen LogP contribution in [0, 0.1) is 5.41 Å². The maximum atomic E-state index is 11.8. The molecule has 1 rings (SSSR count). The topological polar surface area (TPSA) is 58.2 Å². The first-order valence-corrected chi connectivity index (χ1v) is 9.07. The molecule has 0 aliphatic heterocycles. The van der Waals surface area contributed by atoms with Crippen molar-refractivity contribution < 1.29 is 9.59 Å². The average molecular weight is 310 g/mol. The molecule has 22 heavy (non-hydrogen) atoms. The summed E-state index contributed by atoms with van der Waals surface area (Å²) in [4.78, 5) is 23.6. The van der Waals surface area contributed by atoms with Crippen molar-refractivity contribution in [1.29, 1.82) is 0 Å². The van der Waals surface area contributed by atoms with E-state index < -0.39 is 0 Å². The Kier molecular flexibility index (Phi) is 7.91. The van der Waals surface area contributed by atoms with Gasteiger partial charge >= 0.3 is 0 Å². The van der Waals surface area contributed by atoms with Gasteiger partial charge in [0.15, 0.2) is 0 Å². The maximum absolute atomic E-state index is 11.8. The molecule has 2 atom stereocenters. The van der Waals surface area contributed by atoms with Gasteiger partial charge in [0, 0.05) is 24.9 Å². The third-order valence-corrected chi connectivity index (χ3v) is 4.86. The standard InChI is InChI=1S/C18H34N2O2/c1-5-9-18(10-6-2)12-14(19-16(21)7-3)11-15(13-18)20-17(22)8-4/h14-15H,5-13H2,1-4H3,(H,19,21)(H,20,22). The van der Waals surface area contributed by atoms with E-state index in [-0.39, 0.29) is 29.3 Å². The fraction of sp³-hybridized carbons (Fsp3) is 0.889.